The molecule has 0 radical (unpaired) electrons. The van der Waals surface area contributed by atoms with Gasteiger partial charge in [-0.1, -0.05) is 46.4 Å². The first-order valence-corrected chi connectivity index (χ1v) is 7.87. The highest BCUT2D eigenvalue weighted by molar-refractivity contribution is 7.20. The van der Waals surface area contributed by atoms with Crippen LogP contribution in [-0.2, 0) is 0 Å². The first kappa shape index (κ1) is 14.5. The highest BCUT2D eigenvalue weighted by atomic mass is 35.5. The molecule has 0 aliphatic heterocycles. The van der Waals surface area contributed by atoms with Gasteiger partial charge in [-0.15, -0.1) is 11.3 Å². The third-order valence-corrected chi connectivity index (χ3v) is 4.90. The van der Waals surface area contributed by atoms with Gasteiger partial charge in [-0.05, 0) is 24.3 Å². The van der Waals surface area contributed by atoms with E-state index in [0.717, 1.165) is 10.9 Å². The minimum Gasteiger partial charge on any atom is -0.457 e. The second kappa shape index (κ2) is 5.41. The zero-order valence-electron chi connectivity index (χ0n) is 9.79. The molecule has 20 heavy (non-hydrogen) atoms. The average Bonchev–Trinajstić information content (AvgIpc) is 2.92. The summed E-state index contributed by atoms with van der Waals surface area (Å²) in [6.07, 6.45) is 0. The molecule has 2 nitrogen and oxygen atoms in total. The maximum atomic E-state index is 6.18. The van der Waals surface area contributed by atoms with Crippen molar-refractivity contribution in [1.82, 2.24) is 0 Å². The Morgan fingerprint density at radius 2 is 1.80 bits per heavy atom. The summed E-state index contributed by atoms with van der Waals surface area (Å²) in [6.45, 7) is 0. The molecule has 1 atom stereocenters. The molecule has 3 aromatic rings. The smallest absolute Gasteiger partial charge is 0.153 e. The molecule has 2 heterocycles. The molecule has 3 rings (SSSR count). The molecule has 7 heteroatoms. The predicted molar refractivity (Wildman–Crippen MR) is 86.6 cm³/mol. The van der Waals surface area contributed by atoms with Crippen LogP contribution in [0.15, 0.2) is 28.7 Å². The van der Waals surface area contributed by atoms with E-state index in [1.54, 1.807) is 24.3 Å². The summed E-state index contributed by atoms with van der Waals surface area (Å²) in [4.78, 5) is 0. The lowest BCUT2D eigenvalue weighted by Gasteiger charge is -2.06. The fourth-order valence-electron chi connectivity index (χ4n) is 1.97. The zero-order valence-corrected chi connectivity index (χ0v) is 13.6. The molecule has 2 aromatic heterocycles. The van der Waals surface area contributed by atoms with Crippen molar-refractivity contribution in [3.05, 3.63) is 54.3 Å². The first-order chi connectivity index (χ1) is 9.45. The maximum absolute atomic E-state index is 6.18. The molecule has 0 saturated carbocycles. The molecule has 0 aliphatic rings. The van der Waals surface area contributed by atoms with Crippen LogP contribution in [0.25, 0.3) is 11.0 Å². The van der Waals surface area contributed by atoms with Crippen LogP contribution in [0.3, 0.4) is 0 Å². The van der Waals surface area contributed by atoms with E-state index >= 15 is 0 Å². The lowest BCUT2D eigenvalue weighted by atomic mass is 10.1. The molecule has 0 bridgehead atoms. The second-order valence-electron chi connectivity index (χ2n) is 4.21. The van der Waals surface area contributed by atoms with E-state index < -0.39 is 6.04 Å². The summed E-state index contributed by atoms with van der Waals surface area (Å²) >= 11 is 25.4. The van der Waals surface area contributed by atoms with Gasteiger partial charge in [0.1, 0.15) is 5.76 Å². The highest BCUT2D eigenvalue weighted by Gasteiger charge is 2.20. The largest absolute Gasteiger partial charge is 0.457 e. The number of nitrogens with two attached hydrogens (primary N) is 1. The van der Waals surface area contributed by atoms with Gasteiger partial charge >= 0.3 is 0 Å². The molecular formula is C13H7Cl4NOS. The molecule has 2 N–H and O–H groups in total. The second-order valence-corrected chi connectivity index (χ2v) is 7.34. The lowest BCUT2D eigenvalue weighted by Crippen LogP contribution is -2.10. The van der Waals surface area contributed by atoms with Gasteiger partial charge < -0.3 is 10.2 Å². The van der Waals surface area contributed by atoms with Gasteiger partial charge in [0.15, 0.2) is 5.58 Å². The van der Waals surface area contributed by atoms with Gasteiger partial charge in [0.2, 0.25) is 0 Å². The van der Waals surface area contributed by atoms with Crippen molar-refractivity contribution in [3.8, 4) is 0 Å². The van der Waals surface area contributed by atoms with Crippen molar-refractivity contribution in [3.63, 3.8) is 0 Å². The van der Waals surface area contributed by atoms with E-state index in [2.05, 4.69) is 0 Å². The van der Waals surface area contributed by atoms with E-state index in [1.165, 1.54) is 11.3 Å². The van der Waals surface area contributed by atoms with Gasteiger partial charge in [-0.2, -0.15) is 0 Å². The van der Waals surface area contributed by atoms with Gasteiger partial charge in [-0.3, -0.25) is 0 Å². The third-order valence-electron chi connectivity index (χ3n) is 2.88. The number of fused-ring (bicyclic) bond motifs is 1. The standard InChI is InChI=1S/C13H7Cl4NOS/c14-6-1-5-2-9(19-12(5)8(15)3-6)11(18)7-4-10(16)20-13(7)17/h1-4,11H,18H2. The fraction of sp³-hybridized carbons (Fsp3) is 0.0769. The van der Waals surface area contributed by atoms with Crippen molar-refractivity contribution in [1.29, 1.82) is 0 Å². The predicted octanol–water partition coefficient (Wildman–Crippen LogP) is 6.16. The Bertz CT molecular complexity index is 795. The molecule has 0 saturated heterocycles. The van der Waals surface area contributed by atoms with Crippen molar-refractivity contribution in [2.24, 2.45) is 5.73 Å². The number of benzene rings is 1. The number of furan rings is 1. The molecule has 0 amide bonds. The Morgan fingerprint density at radius 1 is 1.05 bits per heavy atom. The third kappa shape index (κ3) is 2.54. The lowest BCUT2D eigenvalue weighted by molar-refractivity contribution is 0.526. The fourth-order valence-corrected chi connectivity index (χ4v) is 4.06. The summed E-state index contributed by atoms with van der Waals surface area (Å²) in [6, 6.07) is 6.43. The normalized spacial score (nSPS) is 13.1. The van der Waals surface area contributed by atoms with E-state index in [1.807, 2.05) is 0 Å². The van der Waals surface area contributed by atoms with Crippen molar-refractivity contribution < 1.29 is 4.42 Å². The van der Waals surface area contributed by atoms with E-state index in [4.69, 9.17) is 56.6 Å². The minimum atomic E-state index is -0.506. The van der Waals surface area contributed by atoms with Gasteiger partial charge in [-0.25, -0.2) is 0 Å². The molecule has 1 aromatic carbocycles. The van der Waals surface area contributed by atoms with Crippen LogP contribution >= 0.6 is 57.7 Å². The number of hydrogen-bond donors (Lipinski definition) is 1. The molecule has 1 unspecified atom stereocenters. The molecule has 0 aliphatic carbocycles. The quantitative estimate of drug-likeness (QED) is 0.590. The Morgan fingerprint density at radius 3 is 2.45 bits per heavy atom. The van der Waals surface area contributed by atoms with Crippen LogP contribution in [-0.4, -0.2) is 0 Å². The van der Waals surface area contributed by atoms with Crippen LogP contribution in [0.5, 0.6) is 0 Å². The topological polar surface area (TPSA) is 39.2 Å². The van der Waals surface area contributed by atoms with Crippen LogP contribution in [0.4, 0.5) is 0 Å². The van der Waals surface area contributed by atoms with Crippen LogP contribution in [0.2, 0.25) is 18.7 Å². The summed E-state index contributed by atoms with van der Waals surface area (Å²) < 4.78 is 6.85. The van der Waals surface area contributed by atoms with Crippen LogP contribution in [0.1, 0.15) is 17.4 Å². The maximum Gasteiger partial charge on any atom is 0.153 e. The first-order valence-electron chi connectivity index (χ1n) is 5.54. The number of halogens is 4. The Labute approximate surface area is 139 Å². The van der Waals surface area contributed by atoms with Crippen LogP contribution < -0.4 is 5.73 Å². The Balaban J connectivity index is 2.10. The zero-order chi connectivity index (χ0) is 14.4. The monoisotopic (exact) mass is 365 g/mol. The van der Waals surface area contributed by atoms with Crippen molar-refractivity contribution in [2.75, 3.05) is 0 Å². The highest BCUT2D eigenvalue weighted by Crippen LogP contribution is 2.39. The number of hydrogen-bond acceptors (Lipinski definition) is 3. The van der Waals surface area contributed by atoms with Crippen molar-refractivity contribution >= 4 is 68.7 Å². The summed E-state index contributed by atoms with van der Waals surface area (Å²) in [5, 5.41) is 1.78. The minimum absolute atomic E-state index is 0.445. The number of rotatable bonds is 2. The van der Waals surface area contributed by atoms with E-state index in [0.29, 0.717) is 30.1 Å². The summed E-state index contributed by atoms with van der Waals surface area (Å²) in [5.41, 5.74) is 7.46. The molecule has 104 valence electrons. The molecule has 0 spiro atoms. The van der Waals surface area contributed by atoms with Crippen LogP contribution in [0, 0.1) is 0 Å². The summed E-state index contributed by atoms with van der Waals surface area (Å²) in [7, 11) is 0. The van der Waals surface area contributed by atoms with E-state index in [9.17, 15) is 0 Å². The molecule has 0 fully saturated rings. The van der Waals surface area contributed by atoms with Gasteiger partial charge in [0.25, 0.3) is 0 Å². The SMILES string of the molecule is NC(c1cc2cc(Cl)cc(Cl)c2o1)c1cc(Cl)sc1Cl. The van der Waals surface area contributed by atoms with Crippen molar-refractivity contribution in [2.45, 2.75) is 6.04 Å². The Hall–Kier alpha value is -0.420. The van der Waals surface area contributed by atoms with Gasteiger partial charge in [0.05, 0.1) is 19.7 Å². The average molecular weight is 367 g/mol. The Kier molecular flexibility index (Phi) is 3.93. The summed E-state index contributed by atoms with van der Waals surface area (Å²) in [5.74, 6) is 0.556. The van der Waals surface area contributed by atoms with Gasteiger partial charge in [0, 0.05) is 16.0 Å². The number of thiophene rings is 1. The van der Waals surface area contributed by atoms with E-state index in [-0.39, 0.29) is 0 Å². The molecular weight excluding hydrogens is 360 g/mol.